The molecule has 0 aliphatic heterocycles. The van der Waals surface area contributed by atoms with Crippen LogP contribution < -0.4 is 10.2 Å². The molecule has 0 aliphatic carbocycles. The monoisotopic (exact) mass is 249 g/mol. The van der Waals surface area contributed by atoms with E-state index in [1.807, 2.05) is 20.2 Å². The molecule has 1 N–H and O–H groups in total. The summed E-state index contributed by atoms with van der Waals surface area (Å²) in [4.78, 5) is 15.1. The van der Waals surface area contributed by atoms with Crippen LogP contribution in [0.5, 0.6) is 0 Å². The van der Waals surface area contributed by atoms with Crippen molar-refractivity contribution in [3.63, 3.8) is 0 Å². The summed E-state index contributed by atoms with van der Waals surface area (Å²) in [6.45, 7) is 2.75. The zero-order chi connectivity index (χ0) is 13.7. The largest absolute Gasteiger partial charge is 0.384 e. The van der Waals surface area contributed by atoms with Crippen LogP contribution in [-0.2, 0) is 4.79 Å². The zero-order valence-electron chi connectivity index (χ0n) is 11.9. The fraction of sp³-hybridized carbons (Fsp3) is 0.500. The molecule has 0 unspecified atom stereocenters. The highest BCUT2D eigenvalue weighted by molar-refractivity contribution is 5.76. The quantitative estimate of drug-likeness (QED) is 0.866. The lowest BCUT2D eigenvalue weighted by molar-refractivity contribution is -0.128. The number of nitrogens with zero attached hydrogens (tertiary/aromatic N) is 2. The Bertz CT molecular complexity index is 414. The van der Waals surface area contributed by atoms with Gasteiger partial charge in [-0.15, -0.1) is 0 Å². The summed E-state index contributed by atoms with van der Waals surface area (Å²) in [7, 11) is 7.61. The number of anilines is 2. The van der Waals surface area contributed by atoms with Crippen LogP contribution in [0, 0.1) is 6.92 Å². The lowest BCUT2D eigenvalue weighted by Crippen LogP contribution is -2.23. The number of hydrogen-bond acceptors (Lipinski definition) is 3. The van der Waals surface area contributed by atoms with E-state index >= 15 is 0 Å². The fourth-order valence-corrected chi connectivity index (χ4v) is 1.74. The van der Waals surface area contributed by atoms with E-state index in [4.69, 9.17) is 0 Å². The van der Waals surface area contributed by atoms with Crippen molar-refractivity contribution in [3.05, 3.63) is 23.8 Å². The summed E-state index contributed by atoms with van der Waals surface area (Å²) in [5.74, 6) is 0.141. The molecule has 0 saturated heterocycles. The Balaban J connectivity index is 2.58. The molecule has 1 aromatic carbocycles. The molecule has 4 heteroatoms. The summed E-state index contributed by atoms with van der Waals surface area (Å²) in [5.41, 5.74) is 3.49. The van der Waals surface area contributed by atoms with E-state index in [0.717, 1.165) is 5.69 Å². The number of rotatable bonds is 5. The van der Waals surface area contributed by atoms with E-state index in [9.17, 15) is 4.79 Å². The van der Waals surface area contributed by atoms with Crippen LogP contribution in [0.25, 0.3) is 0 Å². The minimum absolute atomic E-state index is 0.141. The number of hydrogen-bond donors (Lipinski definition) is 1. The fourth-order valence-electron chi connectivity index (χ4n) is 1.74. The van der Waals surface area contributed by atoms with E-state index in [-0.39, 0.29) is 5.91 Å². The first kappa shape index (κ1) is 14.4. The molecule has 0 fully saturated rings. The predicted octanol–water partition coefficient (Wildman–Crippen LogP) is 1.95. The molecule has 0 atom stereocenters. The second-order valence-corrected chi connectivity index (χ2v) is 4.86. The summed E-state index contributed by atoms with van der Waals surface area (Å²) in [6.07, 6.45) is 0.512. The molecule has 100 valence electrons. The third-order valence-electron chi connectivity index (χ3n) is 2.86. The standard InChI is InChI=1S/C14H23N3O/c1-11-6-7-12(10-13(11)16(2)3)15-9-8-14(18)17(4)5/h6-7,10,15H,8-9H2,1-5H3. The van der Waals surface area contributed by atoms with Crippen molar-refractivity contribution in [2.45, 2.75) is 13.3 Å². The van der Waals surface area contributed by atoms with Gasteiger partial charge in [-0.3, -0.25) is 4.79 Å². The first-order valence-corrected chi connectivity index (χ1v) is 6.14. The molecule has 0 aromatic heterocycles. The molecule has 0 bridgehead atoms. The lowest BCUT2D eigenvalue weighted by Gasteiger charge is -2.17. The van der Waals surface area contributed by atoms with Crippen molar-refractivity contribution in [3.8, 4) is 0 Å². The van der Waals surface area contributed by atoms with E-state index in [2.05, 4.69) is 29.3 Å². The number of nitrogens with one attached hydrogen (secondary N) is 1. The molecule has 0 heterocycles. The highest BCUT2D eigenvalue weighted by atomic mass is 16.2. The molecule has 4 nitrogen and oxygen atoms in total. The molecule has 1 amide bonds. The summed E-state index contributed by atoms with van der Waals surface area (Å²) in [5, 5.41) is 3.28. The zero-order valence-corrected chi connectivity index (χ0v) is 11.9. The minimum atomic E-state index is 0.141. The predicted molar refractivity (Wildman–Crippen MR) is 77.3 cm³/mol. The van der Waals surface area contributed by atoms with Gasteiger partial charge in [0.2, 0.25) is 5.91 Å². The summed E-state index contributed by atoms with van der Waals surface area (Å²) < 4.78 is 0. The molecule has 0 aliphatic rings. The van der Waals surface area contributed by atoms with Gasteiger partial charge in [0.25, 0.3) is 0 Å². The van der Waals surface area contributed by atoms with Gasteiger partial charge in [-0.1, -0.05) is 6.07 Å². The molecular weight excluding hydrogens is 226 g/mol. The van der Waals surface area contributed by atoms with Gasteiger partial charge in [0.05, 0.1) is 0 Å². The van der Waals surface area contributed by atoms with Gasteiger partial charge >= 0.3 is 0 Å². The van der Waals surface area contributed by atoms with Gasteiger partial charge < -0.3 is 15.1 Å². The maximum absolute atomic E-state index is 11.4. The lowest BCUT2D eigenvalue weighted by atomic mass is 10.1. The van der Waals surface area contributed by atoms with Crippen LogP contribution in [0.1, 0.15) is 12.0 Å². The van der Waals surface area contributed by atoms with Crippen LogP contribution in [0.3, 0.4) is 0 Å². The molecule has 18 heavy (non-hydrogen) atoms. The normalized spacial score (nSPS) is 10.1. The third kappa shape index (κ3) is 3.95. The number of amides is 1. The number of benzene rings is 1. The number of carbonyl (C=O) groups is 1. The second kappa shape index (κ2) is 6.28. The summed E-state index contributed by atoms with van der Waals surface area (Å²) >= 11 is 0. The Labute approximate surface area is 110 Å². The second-order valence-electron chi connectivity index (χ2n) is 4.86. The molecule has 1 aromatic rings. The van der Waals surface area contributed by atoms with Crippen molar-refractivity contribution in [2.75, 3.05) is 45.0 Å². The highest BCUT2D eigenvalue weighted by Gasteiger charge is 2.05. The van der Waals surface area contributed by atoms with Crippen LogP contribution >= 0.6 is 0 Å². The number of carbonyl (C=O) groups excluding carboxylic acids is 1. The highest BCUT2D eigenvalue weighted by Crippen LogP contribution is 2.22. The van der Waals surface area contributed by atoms with Gasteiger partial charge in [-0.2, -0.15) is 0 Å². The molecule has 0 spiro atoms. The van der Waals surface area contributed by atoms with Gasteiger partial charge in [0, 0.05) is 52.5 Å². The Hall–Kier alpha value is -1.71. The Morgan fingerprint density at radius 2 is 1.89 bits per heavy atom. The SMILES string of the molecule is Cc1ccc(NCCC(=O)N(C)C)cc1N(C)C. The van der Waals surface area contributed by atoms with Gasteiger partial charge in [0.15, 0.2) is 0 Å². The molecule has 1 rings (SSSR count). The van der Waals surface area contributed by atoms with Crippen LogP contribution in [0.4, 0.5) is 11.4 Å². The van der Waals surface area contributed by atoms with Crippen molar-refractivity contribution in [2.24, 2.45) is 0 Å². The van der Waals surface area contributed by atoms with Crippen molar-refractivity contribution < 1.29 is 4.79 Å². The van der Waals surface area contributed by atoms with Crippen molar-refractivity contribution in [1.29, 1.82) is 0 Å². The Kier molecular flexibility index (Phi) is 5.01. The van der Waals surface area contributed by atoms with E-state index in [1.54, 1.807) is 19.0 Å². The smallest absolute Gasteiger partial charge is 0.223 e. The van der Waals surface area contributed by atoms with Crippen LogP contribution in [0.2, 0.25) is 0 Å². The van der Waals surface area contributed by atoms with E-state index < -0.39 is 0 Å². The van der Waals surface area contributed by atoms with Crippen molar-refractivity contribution >= 4 is 17.3 Å². The average molecular weight is 249 g/mol. The summed E-state index contributed by atoms with van der Waals surface area (Å²) in [6, 6.07) is 6.24. The molecule has 0 saturated carbocycles. The average Bonchev–Trinajstić information content (AvgIpc) is 2.30. The maximum Gasteiger partial charge on any atom is 0.223 e. The minimum Gasteiger partial charge on any atom is -0.384 e. The van der Waals surface area contributed by atoms with Gasteiger partial charge in [-0.05, 0) is 24.6 Å². The first-order chi connectivity index (χ1) is 8.41. The van der Waals surface area contributed by atoms with Crippen LogP contribution in [0.15, 0.2) is 18.2 Å². The van der Waals surface area contributed by atoms with E-state index in [0.29, 0.717) is 13.0 Å². The van der Waals surface area contributed by atoms with Gasteiger partial charge in [0.1, 0.15) is 0 Å². The Morgan fingerprint density at radius 3 is 2.44 bits per heavy atom. The Morgan fingerprint density at radius 1 is 1.22 bits per heavy atom. The van der Waals surface area contributed by atoms with Crippen LogP contribution in [-0.4, -0.2) is 45.5 Å². The number of aryl methyl sites for hydroxylation is 1. The van der Waals surface area contributed by atoms with E-state index in [1.165, 1.54) is 11.3 Å². The first-order valence-electron chi connectivity index (χ1n) is 6.14. The van der Waals surface area contributed by atoms with Crippen molar-refractivity contribution in [1.82, 2.24) is 4.90 Å². The molecular formula is C14H23N3O. The molecule has 0 radical (unpaired) electrons. The third-order valence-corrected chi connectivity index (χ3v) is 2.86. The van der Waals surface area contributed by atoms with Gasteiger partial charge in [-0.25, -0.2) is 0 Å². The maximum atomic E-state index is 11.4. The topological polar surface area (TPSA) is 35.6 Å².